The molecule has 0 aromatic heterocycles. The van der Waals surface area contributed by atoms with Crippen LogP contribution in [-0.2, 0) is 6.42 Å². The van der Waals surface area contributed by atoms with Gasteiger partial charge in [0.15, 0.2) is 0 Å². The third-order valence-electron chi connectivity index (χ3n) is 4.54. The molecule has 2 rings (SSSR count). The molecule has 1 atom stereocenters. The van der Waals surface area contributed by atoms with Crippen molar-refractivity contribution in [3.8, 4) is 0 Å². The lowest BCUT2D eigenvalue weighted by Crippen LogP contribution is -2.29. The molecule has 106 valence electrons. The second-order valence-corrected chi connectivity index (χ2v) is 6.04. The summed E-state index contributed by atoms with van der Waals surface area (Å²) < 4.78 is 0. The lowest BCUT2D eigenvalue weighted by molar-refractivity contribution is 0.643. The molecule has 0 bridgehead atoms. The van der Waals surface area contributed by atoms with Crippen LogP contribution < -0.4 is 10.6 Å². The smallest absolute Gasteiger partial charge is 0.0396 e. The minimum atomic E-state index is 0.290. The summed E-state index contributed by atoms with van der Waals surface area (Å²) in [7, 11) is 2.25. The SMILES string of the molecule is CCC(N)Cc1ccc(N(C)C2CCCC2)c(C)c1. The summed E-state index contributed by atoms with van der Waals surface area (Å²) >= 11 is 0. The van der Waals surface area contributed by atoms with E-state index in [2.05, 4.69) is 44.0 Å². The molecule has 2 N–H and O–H groups in total. The maximum atomic E-state index is 6.04. The molecular weight excluding hydrogens is 232 g/mol. The zero-order chi connectivity index (χ0) is 13.8. The highest BCUT2D eigenvalue weighted by molar-refractivity contribution is 5.54. The van der Waals surface area contributed by atoms with Gasteiger partial charge in [0, 0.05) is 24.8 Å². The molecule has 0 aliphatic heterocycles. The number of hydrogen-bond donors (Lipinski definition) is 1. The lowest BCUT2D eigenvalue weighted by atomic mass is 10.0. The normalized spacial score (nSPS) is 17.7. The van der Waals surface area contributed by atoms with Crippen molar-refractivity contribution in [3.63, 3.8) is 0 Å². The fourth-order valence-electron chi connectivity index (χ4n) is 3.18. The number of hydrogen-bond acceptors (Lipinski definition) is 2. The summed E-state index contributed by atoms with van der Waals surface area (Å²) in [5.74, 6) is 0. The molecule has 0 saturated heterocycles. The van der Waals surface area contributed by atoms with Gasteiger partial charge in [-0.1, -0.05) is 31.9 Å². The van der Waals surface area contributed by atoms with E-state index in [1.807, 2.05) is 0 Å². The van der Waals surface area contributed by atoms with Crippen LogP contribution in [0.15, 0.2) is 18.2 Å². The van der Waals surface area contributed by atoms with Crippen LogP contribution in [0.5, 0.6) is 0 Å². The van der Waals surface area contributed by atoms with Crippen molar-refractivity contribution in [3.05, 3.63) is 29.3 Å². The van der Waals surface area contributed by atoms with Gasteiger partial charge in [0.1, 0.15) is 0 Å². The quantitative estimate of drug-likeness (QED) is 0.875. The Kier molecular flexibility index (Phi) is 4.87. The molecule has 0 spiro atoms. The molecule has 2 nitrogen and oxygen atoms in total. The maximum absolute atomic E-state index is 6.04. The molecule has 0 radical (unpaired) electrons. The number of benzene rings is 1. The van der Waals surface area contributed by atoms with E-state index in [4.69, 9.17) is 5.73 Å². The Bertz CT molecular complexity index is 408. The van der Waals surface area contributed by atoms with Crippen LogP contribution in [0, 0.1) is 6.92 Å². The molecule has 19 heavy (non-hydrogen) atoms. The van der Waals surface area contributed by atoms with Crippen LogP contribution in [-0.4, -0.2) is 19.1 Å². The van der Waals surface area contributed by atoms with Gasteiger partial charge in [0.05, 0.1) is 0 Å². The number of nitrogens with zero attached hydrogens (tertiary/aromatic N) is 1. The highest BCUT2D eigenvalue weighted by Crippen LogP contribution is 2.29. The van der Waals surface area contributed by atoms with Crippen LogP contribution in [0.4, 0.5) is 5.69 Å². The summed E-state index contributed by atoms with van der Waals surface area (Å²) in [6, 6.07) is 7.88. The van der Waals surface area contributed by atoms with E-state index in [0.29, 0.717) is 0 Å². The van der Waals surface area contributed by atoms with Gasteiger partial charge in [-0.05, 0) is 49.8 Å². The predicted molar refractivity (Wildman–Crippen MR) is 83.8 cm³/mol. The zero-order valence-corrected chi connectivity index (χ0v) is 12.7. The van der Waals surface area contributed by atoms with Crippen molar-refractivity contribution in [1.29, 1.82) is 0 Å². The molecule has 0 heterocycles. The number of rotatable bonds is 5. The topological polar surface area (TPSA) is 29.3 Å². The average Bonchev–Trinajstić information content (AvgIpc) is 2.92. The highest BCUT2D eigenvalue weighted by Gasteiger charge is 2.20. The number of anilines is 1. The van der Waals surface area contributed by atoms with E-state index in [0.717, 1.165) is 18.9 Å². The fraction of sp³-hybridized carbons (Fsp3) is 0.647. The van der Waals surface area contributed by atoms with E-state index < -0.39 is 0 Å². The molecule has 0 amide bonds. The van der Waals surface area contributed by atoms with Gasteiger partial charge >= 0.3 is 0 Å². The van der Waals surface area contributed by atoms with E-state index in [-0.39, 0.29) is 6.04 Å². The second kappa shape index (κ2) is 6.42. The first-order valence-corrected chi connectivity index (χ1v) is 7.69. The van der Waals surface area contributed by atoms with Crippen molar-refractivity contribution in [2.24, 2.45) is 5.73 Å². The highest BCUT2D eigenvalue weighted by atomic mass is 15.1. The Morgan fingerprint density at radius 2 is 2.00 bits per heavy atom. The fourth-order valence-corrected chi connectivity index (χ4v) is 3.18. The van der Waals surface area contributed by atoms with Gasteiger partial charge in [-0.25, -0.2) is 0 Å². The van der Waals surface area contributed by atoms with Gasteiger partial charge in [-0.3, -0.25) is 0 Å². The van der Waals surface area contributed by atoms with Crippen molar-refractivity contribution < 1.29 is 0 Å². The Balaban J connectivity index is 2.09. The summed E-state index contributed by atoms with van der Waals surface area (Å²) in [5, 5.41) is 0. The van der Waals surface area contributed by atoms with Gasteiger partial charge < -0.3 is 10.6 Å². The summed E-state index contributed by atoms with van der Waals surface area (Å²) in [6.45, 7) is 4.38. The Morgan fingerprint density at radius 1 is 1.32 bits per heavy atom. The van der Waals surface area contributed by atoms with Crippen molar-refractivity contribution >= 4 is 5.69 Å². The lowest BCUT2D eigenvalue weighted by Gasteiger charge is -2.28. The van der Waals surface area contributed by atoms with Gasteiger partial charge in [-0.15, -0.1) is 0 Å². The van der Waals surface area contributed by atoms with Crippen molar-refractivity contribution in [1.82, 2.24) is 0 Å². The monoisotopic (exact) mass is 260 g/mol. The summed E-state index contributed by atoms with van der Waals surface area (Å²) in [4.78, 5) is 2.48. The molecule has 1 aromatic rings. The molecular formula is C17H28N2. The molecule has 1 unspecified atom stereocenters. The summed E-state index contributed by atoms with van der Waals surface area (Å²) in [6.07, 6.45) is 7.50. The minimum Gasteiger partial charge on any atom is -0.371 e. The first-order chi connectivity index (χ1) is 9.11. The van der Waals surface area contributed by atoms with Gasteiger partial charge in [-0.2, -0.15) is 0 Å². The molecule has 1 aliphatic rings. The molecule has 1 aliphatic carbocycles. The first kappa shape index (κ1) is 14.4. The molecule has 1 aromatic carbocycles. The molecule has 1 saturated carbocycles. The van der Waals surface area contributed by atoms with Crippen LogP contribution in [0.1, 0.15) is 50.2 Å². The Labute approximate surface area is 118 Å². The van der Waals surface area contributed by atoms with Crippen LogP contribution >= 0.6 is 0 Å². The Hall–Kier alpha value is -1.02. The first-order valence-electron chi connectivity index (χ1n) is 7.69. The summed E-state index contributed by atoms with van der Waals surface area (Å²) in [5.41, 5.74) is 10.2. The van der Waals surface area contributed by atoms with Crippen molar-refractivity contribution in [2.45, 2.75) is 64.5 Å². The van der Waals surface area contributed by atoms with Crippen LogP contribution in [0.2, 0.25) is 0 Å². The Morgan fingerprint density at radius 3 is 2.58 bits per heavy atom. The van der Waals surface area contributed by atoms with E-state index in [1.54, 1.807) is 0 Å². The maximum Gasteiger partial charge on any atom is 0.0396 e. The predicted octanol–water partition coefficient (Wildman–Crippen LogP) is 3.65. The number of aryl methyl sites for hydroxylation is 1. The van der Waals surface area contributed by atoms with Gasteiger partial charge in [0.25, 0.3) is 0 Å². The number of nitrogens with two attached hydrogens (primary N) is 1. The molecule has 2 heteroatoms. The average molecular weight is 260 g/mol. The van der Waals surface area contributed by atoms with Gasteiger partial charge in [0.2, 0.25) is 0 Å². The third-order valence-corrected chi connectivity index (χ3v) is 4.54. The van der Waals surface area contributed by atoms with E-state index in [9.17, 15) is 0 Å². The standard InChI is InChI=1S/C17H28N2/c1-4-15(18)12-14-9-10-17(13(2)11-14)19(3)16-7-5-6-8-16/h9-11,15-16H,4-8,12,18H2,1-3H3. The minimum absolute atomic E-state index is 0.290. The largest absolute Gasteiger partial charge is 0.371 e. The zero-order valence-electron chi connectivity index (χ0n) is 12.7. The second-order valence-electron chi connectivity index (χ2n) is 6.04. The van der Waals surface area contributed by atoms with Crippen LogP contribution in [0.25, 0.3) is 0 Å². The van der Waals surface area contributed by atoms with E-state index in [1.165, 1.54) is 42.5 Å². The van der Waals surface area contributed by atoms with Crippen molar-refractivity contribution in [2.75, 3.05) is 11.9 Å². The molecule has 1 fully saturated rings. The third kappa shape index (κ3) is 3.50. The van der Waals surface area contributed by atoms with E-state index >= 15 is 0 Å². The van der Waals surface area contributed by atoms with Crippen LogP contribution in [0.3, 0.4) is 0 Å².